The lowest BCUT2D eigenvalue weighted by molar-refractivity contribution is -0.115. The van der Waals surface area contributed by atoms with Crippen molar-refractivity contribution in [3.8, 4) is 5.75 Å². The number of aromatic nitrogens is 1. The van der Waals surface area contributed by atoms with Gasteiger partial charge in [-0.05, 0) is 54.1 Å². The Morgan fingerprint density at radius 1 is 0.968 bits per heavy atom. The summed E-state index contributed by atoms with van der Waals surface area (Å²) < 4.78 is 5.87. The Labute approximate surface area is 184 Å². The molecule has 2 heterocycles. The van der Waals surface area contributed by atoms with Gasteiger partial charge in [-0.15, -0.1) is 0 Å². The molecule has 5 nitrogen and oxygen atoms in total. The molecule has 1 N–H and O–H groups in total. The first-order valence-corrected chi connectivity index (χ1v) is 10.8. The Kier molecular flexibility index (Phi) is 5.37. The minimum atomic E-state index is -0.496. The molecular weight excluding hydrogens is 406 g/mol. The van der Waals surface area contributed by atoms with Gasteiger partial charge < -0.3 is 10.1 Å². The maximum absolute atomic E-state index is 12.3. The van der Waals surface area contributed by atoms with Gasteiger partial charge in [0.05, 0.1) is 16.9 Å². The molecule has 0 saturated heterocycles. The van der Waals surface area contributed by atoms with Gasteiger partial charge in [0.15, 0.2) is 5.37 Å². The fraction of sp³-hybridized carbons (Fsp3) is 0.0800. The second kappa shape index (κ2) is 8.62. The standard InChI is InChI=1S/C25H19N3O2S/c29-24-25(31-23-8-4-3-7-22(23)28-24)26-15-17-9-13-20(14-10-17)30-16-19-12-11-18-5-1-2-6-21(18)27-19/h1-15,25H,16H2,(H,28,29). The number of carbonyl (C=O) groups is 1. The van der Waals surface area contributed by atoms with Crippen LogP contribution in [0.5, 0.6) is 5.75 Å². The number of hydrogen-bond acceptors (Lipinski definition) is 5. The molecule has 5 rings (SSSR count). The topological polar surface area (TPSA) is 63.6 Å². The van der Waals surface area contributed by atoms with Crippen LogP contribution >= 0.6 is 11.8 Å². The van der Waals surface area contributed by atoms with Crippen LogP contribution in [-0.2, 0) is 11.4 Å². The number of rotatable bonds is 5. The molecule has 152 valence electrons. The molecule has 0 spiro atoms. The van der Waals surface area contributed by atoms with Crippen LogP contribution < -0.4 is 10.1 Å². The average molecular weight is 426 g/mol. The number of para-hydroxylation sites is 2. The smallest absolute Gasteiger partial charge is 0.259 e. The number of ether oxygens (including phenoxy) is 1. The van der Waals surface area contributed by atoms with Gasteiger partial charge in [-0.3, -0.25) is 9.79 Å². The molecule has 1 unspecified atom stereocenters. The Balaban J connectivity index is 1.21. The first-order valence-electron chi connectivity index (χ1n) is 9.92. The summed E-state index contributed by atoms with van der Waals surface area (Å²) >= 11 is 1.45. The Hall–Kier alpha value is -3.64. The van der Waals surface area contributed by atoms with Gasteiger partial charge in [-0.25, -0.2) is 4.98 Å². The van der Waals surface area contributed by atoms with Crippen molar-refractivity contribution in [1.82, 2.24) is 4.98 Å². The van der Waals surface area contributed by atoms with Crippen molar-refractivity contribution >= 4 is 40.5 Å². The number of fused-ring (bicyclic) bond motifs is 2. The van der Waals surface area contributed by atoms with Gasteiger partial charge in [-0.1, -0.05) is 48.2 Å². The highest BCUT2D eigenvalue weighted by atomic mass is 32.2. The van der Waals surface area contributed by atoms with Gasteiger partial charge in [0.2, 0.25) is 0 Å². The van der Waals surface area contributed by atoms with Gasteiger partial charge >= 0.3 is 0 Å². The van der Waals surface area contributed by atoms with E-state index >= 15 is 0 Å². The maximum atomic E-state index is 12.3. The summed E-state index contributed by atoms with van der Waals surface area (Å²) in [5.41, 5.74) is 3.59. The molecule has 3 aromatic carbocycles. The van der Waals surface area contributed by atoms with E-state index in [0.717, 1.165) is 38.5 Å². The number of aliphatic imine (C=N–C) groups is 1. The number of benzene rings is 3. The zero-order valence-corrected chi connectivity index (χ0v) is 17.4. The molecule has 31 heavy (non-hydrogen) atoms. The van der Waals surface area contributed by atoms with Crippen LogP contribution in [0.1, 0.15) is 11.3 Å². The lowest BCUT2D eigenvalue weighted by atomic mass is 10.2. The lowest BCUT2D eigenvalue weighted by Crippen LogP contribution is -2.27. The minimum absolute atomic E-state index is 0.109. The molecule has 1 aromatic heterocycles. The number of amides is 1. The quantitative estimate of drug-likeness (QED) is 0.441. The molecule has 0 saturated carbocycles. The fourth-order valence-corrected chi connectivity index (χ4v) is 4.22. The third kappa shape index (κ3) is 4.44. The minimum Gasteiger partial charge on any atom is -0.487 e. The number of thioether (sulfide) groups is 1. The van der Waals surface area contributed by atoms with Crippen LogP contribution in [0.15, 0.2) is 94.8 Å². The van der Waals surface area contributed by atoms with Gasteiger partial charge in [0.1, 0.15) is 12.4 Å². The average Bonchev–Trinajstić information content (AvgIpc) is 2.82. The van der Waals surface area contributed by atoms with Gasteiger partial charge in [0.25, 0.3) is 5.91 Å². The van der Waals surface area contributed by atoms with Gasteiger partial charge in [0, 0.05) is 16.5 Å². The number of nitrogens with zero attached hydrogens (tertiary/aromatic N) is 2. The highest BCUT2D eigenvalue weighted by Crippen LogP contribution is 2.35. The van der Waals surface area contributed by atoms with E-state index < -0.39 is 5.37 Å². The van der Waals surface area contributed by atoms with E-state index in [4.69, 9.17) is 4.74 Å². The van der Waals surface area contributed by atoms with Crippen molar-refractivity contribution in [3.05, 3.63) is 96.2 Å². The Morgan fingerprint density at radius 3 is 2.68 bits per heavy atom. The summed E-state index contributed by atoms with van der Waals surface area (Å²) in [6, 6.07) is 27.4. The van der Waals surface area contributed by atoms with Crippen molar-refractivity contribution in [3.63, 3.8) is 0 Å². The van der Waals surface area contributed by atoms with Crippen LogP contribution in [0.3, 0.4) is 0 Å². The normalized spacial score (nSPS) is 15.6. The summed E-state index contributed by atoms with van der Waals surface area (Å²) in [5, 5.41) is 3.52. The SMILES string of the molecule is O=C1Nc2ccccc2SC1N=Cc1ccc(OCc2ccc3ccccc3n2)cc1. The van der Waals surface area contributed by atoms with Crippen LogP contribution in [-0.4, -0.2) is 22.5 Å². The summed E-state index contributed by atoms with van der Waals surface area (Å²) in [6.07, 6.45) is 1.72. The summed E-state index contributed by atoms with van der Waals surface area (Å²) in [5.74, 6) is 0.647. The van der Waals surface area contributed by atoms with Crippen molar-refractivity contribution in [2.24, 2.45) is 4.99 Å². The number of nitrogens with one attached hydrogen (secondary N) is 1. The zero-order valence-electron chi connectivity index (χ0n) is 16.6. The van der Waals surface area contributed by atoms with Crippen molar-refractivity contribution in [2.75, 3.05) is 5.32 Å². The van der Waals surface area contributed by atoms with E-state index in [1.165, 1.54) is 11.8 Å². The van der Waals surface area contributed by atoms with Crippen LogP contribution in [0.2, 0.25) is 0 Å². The number of pyridine rings is 1. The molecule has 4 aromatic rings. The first kappa shape index (κ1) is 19.3. The first-order chi connectivity index (χ1) is 15.2. The number of anilines is 1. The molecule has 0 bridgehead atoms. The molecule has 0 radical (unpaired) electrons. The monoisotopic (exact) mass is 425 g/mol. The van der Waals surface area contributed by atoms with Crippen molar-refractivity contribution < 1.29 is 9.53 Å². The van der Waals surface area contributed by atoms with E-state index in [-0.39, 0.29) is 5.91 Å². The maximum Gasteiger partial charge on any atom is 0.259 e. The van der Waals surface area contributed by atoms with Crippen LogP contribution in [0.25, 0.3) is 10.9 Å². The third-order valence-electron chi connectivity index (χ3n) is 4.89. The molecule has 6 heteroatoms. The molecule has 0 aliphatic carbocycles. The van der Waals surface area contributed by atoms with E-state index in [1.54, 1.807) is 6.21 Å². The number of hydrogen-bond donors (Lipinski definition) is 1. The fourth-order valence-electron chi connectivity index (χ4n) is 3.29. The Morgan fingerprint density at radius 2 is 1.77 bits per heavy atom. The highest BCUT2D eigenvalue weighted by Gasteiger charge is 2.25. The second-order valence-corrected chi connectivity index (χ2v) is 8.21. The molecule has 1 atom stereocenters. The predicted octanol–water partition coefficient (Wildman–Crippen LogP) is 5.30. The predicted molar refractivity (Wildman–Crippen MR) is 125 cm³/mol. The molecular formula is C25H19N3O2S. The molecule has 1 amide bonds. The van der Waals surface area contributed by atoms with E-state index in [0.29, 0.717) is 6.61 Å². The summed E-state index contributed by atoms with van der Waals surface area (Å²) in [7, 11) is 0. The van der Waals surface area contributed by atoms with Gasteiger partial charge in [-0.2, -0.15) is 0 Å². The van der Waals surface area contributed by atoms with Crippen molar-refractivity contribution in [2.45, 2.75) is 16.9 Å². The van der Waals surface area contributed by atoms with Crippen LogP contribution in [0.4, 0.5) is 5.69 Å². The second-order valence-electron chi connectivity index (χ2n) is 7.09. The van der Waals surface area contributed by atoms with Crippen molar-refractivity contribution in [1.29, 1.82) is 0 Å². The highest BCUT2D eigenvalue weighted by molar-refractivity contribution is 8.01. The summed E-state index contributed by atoms with van der Waals surface area (Å²) in [6.45, 7) is 0.399. The molecule has 0 fully saturated rings. The lowest BCUT2D eigenvalue weighted by Gasteiger charge is -2.21. The zero-order chi connectivity index (χ0) is 21.0. The van der Waals surface area contributed by atoms with E-state index in [1.807, 2.05) is 78.9 Å². The third-order valence-corrected chi connectivity index (χ3v) is 6.06. The molecule has 1 aliphatic heterocycles. The largest absolute Gasteiger partial charge is 0.487 e. The van der Waals surface area contributed by atoms with E-state index in [2.05, 4.69) is 21.4 Å². The Bertz CT molecular complexity index is 1270. The molecule has 1 aliphatic rings. The summed E-state index contributed by atoms with van der Waals surface area (Å²) in [4.78, 5) is 22.4. The van der Waals surface area contributed by atoms with Crippen LogP contribution in [0, 0.1) is 0 Å². The van der Waals surface area contributed by atoms with E-state index in [9.17, 15) is 4.79 Å². The number of carbonyl (C=O) groups excluding carboxylic acids is 1.